The van der Waals surface area contributed by atoms with Crippen molar-refractivity contribution in [3.63, 3.8) is 0 Å². The molecule has 0 saturated heterocycles. The predicted molar refractivity (Wildman–Crippen MR) is 80.8 cm³/mol. The highest BCUT2D eigenvalue weighted by atomic mass is 32.2. The van der Waals surface area contributed by atoms with Gasteiger partial charge >= 0.3 is 5.97 Å². The monoisotopic (exact) mass is 349 g/mol. The van der Waals surface area contributed by atoms with Crippen molar-refractivity contribution in [3.8, 4) is 0 Å². The summed E-state index contributed by atoms with van der Waals surface area (Å²) in [6.45, 7) is 3.87. The van der Waals surface area contributed by atoms with Crippen LogP contribution < -0.4 is 0 Å². The summed E-state index contributed by atoms with van der Waals surface area (Å²) in [4.78, 5) is 10.5. The van der Waals surface area contributed by atoms with E-state index in [0.29, 0.717) is 0 Å². The molecule has 0 aliphatic rings. The second kappa shape index (κ2) is 6.76. The van der Waals surface area contributed by atoms with E-state index < -0.39 is 38.4 Å². The second-order valence-electron chi connectivity index (χ2n) is 4.92. The lowest BCUT2D eigenvalue weighted by atomic mass is 10.4. The van der Waals surface area contributed by atoms with Gasteiger partial charge in [0.15, 0.2) is 9.84 Å². The van der Waals surface area contributed by atoms with E-state index in [9.17, 15) is 21.6 Å². The average molecular weight is 349 g/mol. The molecule has 0 unspecified atom stereocenters. The maximum Gasteiger partial charge on any atom is 0.318 e. The van der Waals surface area contributed by atoms with E-state index in [1.807, 2.05) is 0 Å². The van der Waals surface area contributed by atoms with Gasteiger partial charge in [0.25, 0.3) is 0 Å². The fourth-order valence-corrected chi connectivity index (χ4v) is 4.44. The molecule has 124 valence electrons. The Labute approximate surface area is 130 Å². The van der Waals surface area contributed by atoms with Crippen LogP contribution in [0.4, 0.5) is 0 Å². The largest absolute Gasteiger partial charge is 0.480 e. The Morgan fingerprint density at radius 3 is 2.18 bits per heavy atom. The number of carboxylic acid groups (broad SMARTS) is 1. The number of sulfonamides is 1. The van der Waals surface area contributed by atoms with Crippen molar-refractivity contribution < 1.29 is 26.7 Å². The van der Waals surface area contributed by atoms with Crippen LogP contribution in [-0.4, -0.2) is 50.6 Å². The lowest BCUT2D eigenvalue weighted by molar-refractivity contribution is -0.137. The summed E-state index contributed by atoms with van der Waals surface area (Å²) < 4.78 is 49.6. The van der Waals surface area contributed by atoms with E-state index in [2.05, 4.69) is 0 Å². The van der Waals surface area contributed by atoms with Crippen LogP contribution in [0.1, 0.15) is 20.8 Å². The Bertz CT molecular complexity index is 752. The summed E-state index contributed by atoms with van der Waals surface area (Å²) in [7, 11) is -7.65. The molecule has 1 aromatic carbocycles. The first-order valence-corrected chi connectivity index (χ1v) is 9.68. The first-order valence-electron chi connectivity index (χ1n) is 6.59. The van der Waals surface area contributed by atoms with E-state index >= 15 is 0 Å². The average Bonchev–Trinajstić information content (AvgIpc) is 2.44. The zero-order chi connectivity index (χ0) is 17.1. The first-order chi connectivity index (χ1) is 10.0. The van der Waals surface area contributed by atoms with Crippen LogP contribution >= 0.6 is 0 Å². The molecule has 22 heavy (non-hydrogen) atoms. The lowest BCUT2D eigenvalue weighted by Gasteiger charge is -2.24. The summed E-state index contributed by atoms with van der Waals surface area (Å²) in [6, 6.07) is 4.38. The van der Waals surface area contributed by atoms with E-state index in [4.69, 9.17) is 5.11 Å². The van der Waals surface area contributed by atoms with Gasteiger partial charge < -0.3 is 5.11 Å². The molecule has 0 saturated carbocycles. The summed E-state index contributed by atoms with van der Waals surface area (Å²) >= 11 is 0. The normalized spacial score (nSPS) is 12.8. The highest BCUT2D eigenvalue weighted by Crippen LogP contribution is 2.21. The minimum Gasteiger partial charge on any atom is -0.480 e. The van der Waals surface area contributed by atoms with E-state index in [-0.39, 0.29) is 15.5 Å². The lowest BCUT2D eigenvalue weighted by Crippen LogP contribution is -2.40. The third-order valence-corrected chi connectivity index (χ3v) is 6.77. The first kappa shape index (κ1) is 18.6. The summed E-state index contributed by atoms with van der Waals surface area (Å²) in [6.07, 6.45) is 0. The maximum atomic E-state index is 12.5. The number of nitrogens with zero attached hydrogens (tertiary/aromatic N) is 1. The molecule has 0 fully saturated rings. The molecule has 0 spiro atoms. The Morgan fingerprint density at radius 1 is 1.18 bits per heavy atom. The molecule has 0 amide bonds. The number of sulfone groups is 1. The van der Waals surface area contributed by atoms with Gasteiger partial charge in [0.2, 0.25) is 10.0 Å². The Balaban J connectivity index is 3.39. The van der Waals surface area contributed by atoms with Crippen molar-refractivity contribution in [1.82, 2.24) is 4.31 Å². The minimum absolute atomic E-state index is 0.102. The van der Waals surface area contributed by atoms with E-state index in [1.165, 1.54) is 25.1 Å². The molecule has 1 N–H and O–H groups in total. The quantitative estimate of drug-likeness (QED) is 0.785. The molecule has 7 nitrogen and oxygen atoms in total. The van der Waals surface area contributed by atoms with Gasteiger partial charge in [-0.3, -0.25) is 4.79 Å². The molecule has 0 aliphatic heterocycles. The fourth-order valence-electron chi connectivity index (χ4n) is 1.81. The molecule has 0 aromatic heterocycles. The second-order valence-corrected chi connectivity index (χ2v) is 9.08. The van der Waals surface area contributed by atoms with Gasteiger partial charge in [-0.1, -0.05) is 13.0 Å². The number of hydrogen-bond acceptors (Lipinski definition) is 5. The van der Waals surface area contributed by atoms with Crippen LogP contribution in [0.3, 0.4) is 0 Å². The van der Waals surface area contributed by atoms with Gasteiger partial charge in [0.1, 0.15) is 6.54 Å². The SMILES string of the molecule is CCS(=O)(=O)c1cccc(S(=O)(=O)N(CC(=O)O)C(C)C)c1. The molecule has 0 heterocycles. The Hall–Kier alpha value is -1.45. The van der Waals surface area contributed by atoms with Crippen molar-refractivity contribution in [2.45, 2.75) is 36.6 Å². The predicted octanol–water partition coefficient (Wildman–Crippen LogP) is 0.964. The molecule has 1 aromatic rings. The summed E-state index contributed by atoms with van der Waals surface area (Å²) in [5.41, 5.74) is 0. The number of carbonyl (C=O) groups is 1. The Kier molecular flexibility index (Phi) is 5.71. The Morgan fingerprint density at radius 2 is 1.73 bits per heavy atom. The molecule has 0 aliphatic carbocycles. The number of carboxylic acids is 1. The van der Waals surface area contributed by atoms with Gasteiger partial charge in [-0.05, 0) is 32.0 Å². The number of benzene rings is 1. The fraction of sp³-hybridized carbons (Fsp3) is 0.462. The van der Waals surface area contributed by atoms with E-state index in [0.717, 1.165) is 10.4 Å². The summed E-state index contributed by atoms with van der Waals surface area (Å²) in [5, 5.41) is 8.86. The molecule has 0 bridgehead atoms. The van der Waals surface area contributed by atoms with Gasteiger partial charge in [0, 0.05) is 6.04 Å². The highest BCUT2D eigenvalue weighted by Gasteiger charge is 2.29. The topological polar surface area (TPSA) is 109 Å². The number of aliphatic carboxylic acids is 1. The number of hydrogen-bond donors (Lipinski definition) is 1. The van der Waals surface area contributed by atoms with Crippen molar-refractivity contribution in [3.05, 3.63) is 24.3 Å². The summed E-state index contributed by atoms with van der Waals surface area (Å²) in [5.74, 6) is -1.44. The van der Waals surface area contributed by atoms with Crippen LogP contribution in [0.25, 0.3) is 0 Å². The standard InChI is InChI=1S/C13H19NO6S2/c1-4-21(17,18)11-6-5-7-12(8-11)22(19,20)14(10(2)3)9-13(15)16/h5-8,10H,4,9H2,1-3H3,(H,15,16). The van der Waals surface area contributed by atoms with Gasteiger partial charge in [0.05, 0.1) is 15.5 Å². The smallest absolute Gasteiger partial charge is 0.318 e. The molecular weight excluding hydrogens is 330 g/mol. The van der Waals surface area contributed by atoms with Crippen LogP contribution in [0, 0.1) is 0 Å². The van der Waals surface area contributed by atoms with Crippen molar-refractivity contribution in [1.29, 1.82) is 0 Å². The molecule has 1 rings (SSSR count). The molecule has 0 atom stereocenters. The zero-order valence-electron chi connectivity index (χ0n) is 12.6. The van der Waals surface area contributed by atoms with Gasteiger partial charge in [-0.25, -0.2) is 16.8 Å². The van der Waals surface area contributed by atoms with Crippen LogP contribution in [-0.2, 0) is 24.7 Å². The van der Waals surface area contributed by atoms with Crippen molar-refractivity contribution in [2.24, 2.45) is 0 Å². The highest BCUT2D eigenvalue weighted by molar-refractivity contribution is 7.91. The van der Waals surface area contributed by atoms with Crippen molar-refractivity contribution in [2.75, 3.05) is 12.3 Å². The van der Waals surface area contributed by atoms with Crippen molar-refractivity contribution >= 4 is 25.8 Å². The minimum atomic E-state index is -4.10. The zero-order valence-corrected chi connectivity index (χ0v) is 14.2. The van der Waals surface area contributed by atoms with E-state index in [1.54, 1.807) is 13.8 Å². The molecular formula is C13H19NO6S2. The molecule has 0 radical (unpaired) electrons. The van der Waals surface area contributed by atoms with Crippen LogP contribution in [0.5, 0.6) is 0 Å². The number of rotatable bonds is 7. The third kappa shape index (κ3) is 4.05. The third-order valence-electron chi connectivity index (χ3n) is 3.02. The van der Waals surface area contributed by atoms with Gasteiger partial charge in [-0.15, -0.1) is 0 Å². The van der Waals surface area contributed by atoms with Crippen LogP contribution in [0.15, 0.2) is 34.1 Å². The van der Waals surface area contributed by atoms with Gasteiger partial charge in [-0.2, -0.15) is 4.31 Å². The van der Waals surface area contributed by atoms with Crippen LogP contribution in [0.2, 0.25) is 0 Å². The maximum absolute atomic E-state index is 12.5. The molecule has 9 heteroatoms.